The van der Waals surface area contributed by atoms with E-state index >= 15 is 0 Å². The first kappa shape index (κ1) is 16.9. The molecule has 0 saturated carbocycles. The van der Waals surface area contributed by atoms with Crippen LogP contribution in [0.25, 0.3) is 0 Å². The number of aromatic nitrogens is 1. The van der Waals surface area contributed by atoms with E-state index in [4.69, 9.17) is 9.47 Å². The summed E-state index contributed by atoms with van der Waals surface area (Å²) in [5.74, 6) is 0.156. The molecular formula is C14H18N2O4S. The number of hydrogen-bond donors (Lipinski definition) is 0. The Balaban J connectivity index is 2.67. The molecule has 0 bridgehead atoms. The van der Waals surface area contributed by atoms with E-state index in [0.29, 0.717) is 24.3 Å². The van der Waals surface area contributed by atoms with Crippen molar-refractivity contribution in [3.63, 3.8) is 0 Å². The van der Waals surface area contributed by atoms with E-state index < -0.39 is 0 Å². The lowest BCUT2D eigenvalue weighted by Crippen LogP contribution is -2.10. The minimum absolute atomic E-state index is 0.163. The van der Waals surface area contributed by atoms with Crippen molar-refractivity contribution in [2.75, 3.05) is 25.7 Å². The standard InChI is InChI=1S/C14H18N2O4S/c1-4-20-13(18)9-11-10-21-14(15-11)16(2)7-5-12(19-3)6-8-17/h5-8,10H,4,9H2,1-3H3/b7-5-,12-6+. The summed E-state index contributed by atoms with van der Waals surface area (Å²) >= 11 is 1.42. The van der Waals surface area contributed by atoms with Gasteiger partial charge in [0.25, 0.3) is 0 Å². The van der Waals surface area contributed by atoms with Crippen LogP contribution in [-0.4, -0.2) is 38.0 Å². The number of nitrogens with zero attached hydrogens (tertiary/aromatic N) is 2. The molecule has 0 saturated heterocycles. The Hall–Kier alpha value is -2.15. The van der Waals surface area contributed by atoms with Gasteiger partial charge in [0.05, 0.1) is 25.8 Å². The van der Waals surface area contributed by atoms with Gasteiger partial charge < -0.3 is 14.4 Å². The predicted molar refractivity (Wildman–Crippen MR) is 81.2 cm³/mol. The van der Waals surface area contributed by atoms with Gasteiger partial charge in [0.2, 0.25) is 0 Å². The quantitative estimate of drug-likeness (QED) is 0.240. The van der Waals surface area contributed by atoms with Gasteiger partial charge in [0.15, 0.2) is 5.13 Å². The molecule has 0 radical (unpaired) electrons. The number of thiazole rings is 1. The Labute approximate surface area is 127 Å². The number of anilines is 1. The van der Waals surface area contributed by atoms with Crippen LogP contribution >= 0.6 is 11.3 Å². The molecule has 0 aliphatic carbocycles. The van der Waals surface area contributed by atoms with Gasteiger partial charge in [-0.25, -0.2) is 4.98 Å². The minimum atomic E-state index is -0.289. The predicted octanol–water partition coefficient (Wildman–Crippen LogP) is 1.93. The third-order valence-corrected chi connectivity index (χ3v) is 3.38. The van der Waals surface area contributed by atoms with Crippen LogP contribution in [0.2, 0.25) is 0 Å². The lowest BCUT2D eigenvalue weighted by atomic mass is 10.3. The molecule has 1 rings (SSSR count). The number of aldehydes is 1. The SMILES string of the molecule is CCOC(=O)Cc1csc(N(C)/C=C\C(=C/C=O)OC)n1. The molecule has 6 nitrogen and oxygen atoms in total. The summed E-state index contributed by atoms with van der Waals surface area (Å²) in [6.45, 7) is 2.13. The largest absolute Gasteiger partial charge is 0.497 e. The maximum atomic E-state index is 11.4. The van der Waals surface area contributed by atoms with Gasteiger partial charge in [-0.15, -0.1) is 11.3 Å². The molecule has 1 heterocycles. The second kappa shape index (κ2) is 8.91. The van der Waals surface area contributed by atoms with E-state index in [2.05, 4.69) is 4.98 Å². The van der Waals surface area contributed by atoms with E-state index in [9.17, 15) is 9.59 Å². The topological polar surface area (TPSA) is 68.7 Å². The number of methoxy groups -OCH3 is 1. The van der Waals surface area contributed by atoms with Crippen LogP contribution in [0.4, 0.5) is 5.13 Å². The lowest BCUT2D eigenvalue weighted by Gasteiger charge is -2.09. The van der Waals surface area contributed by atoms with E-state index in [1.165, 1.54) is 24.5 Å². The summed E-state index contributed by atoms with van der Waals surface area (Å²) in [4.78, 5) is 27.9. The molecule has 0 spiro atoms. The van der Waals surface area contributed by atoms with Gasteiger partial charge in [-0.05, 0) is 13.0 Å². The fraction of sp³-hybridized carbons (Fsp3) is 0.357. The smallest absolute Gasteiger partial charge is 0.311 e. The molecule has 0 fully saturated rings. The number of ether oxygens (including phenoxy) is 2. The number of esters is 1. The molecule has 0 N–H and O–H groups in total. The van der Waals surface area contributed by atoms with E-state index in [-0.39, 0.29) is 12.4 Å². The summed E-state index contributed by atoms with van der Waals surface area (Å²) < 4.78 is 9.88. The molecule has 0 aliphatic heterocycles. The molecular weight excluding hydrogens is 292 g/mol. The first-order valence-electron chi connectivity index (χ1n) is 6.31. The van der Waals surface area contributed by atoms with Crippen molar-refractivity contribution in [1.82, 2.24) is 4.98 Å². The Bertz CT molecular complexity index is 537. The lowest BCUT2D eigenvalue weighted by molar-refractivity contribution is -0.142. The van der Waals surface area contributed by atoms with Gasteiger partial charge in [-0.3, -0.25) is 9.59 Å². The van der Waals surface area contributed by atoms with E-state index in [1.807, 2.05) is 12.4 Å². The van der Waals surface area contributed by atoms with Gasteiger partial charge >= 0.3 is 5.97 Å². The Morgan fingerprint density at radius 1 is 1.52 bits per heavy atom. The number of carbonyl (C=O) groups is 2. The van der Waals surface area contributed by atoms with Crippen LogP contribution in [-0.2, 0) is 25.5 Å². The highest BCUT2D eigenvalue weighted by Gasteiger charge is 2.09. The van der Waals surface area contributed by atoms with Crippen molar-refractivity contribution in [1.29, 1.82) is 0 Å². The van der Waals surface area contributed by atoms with Crippen molar-refractivity contribution in [3.05, 3.63) is 35.2 Å². The second-order valence-electron chi connectivity index (χ2n) is 3.94. The van der Waals surface area contributed by atoms with Crippen molar-refractivity contribution in [2.45, 2.75) is 13.3 Å². The molecule has 7 heteroatoms. The summed E-state index contributed by atoms with van der Waals surface area (Å²) in [6.07, 6.45) is 5.52. The third-order valence-electron chi connectivity index (χ3n) is 2.40. The molecule has 21 heavy (non-hydrogen) atoms. The van der Waals surface area contributed by atoms with Crippen molar-refractivity contribution >= 4 is 28.7 Å². The Morgan fingerprint density at radius 2 is 2.29 bits per heavy atom. The average molecular weight is 310 g/mol. The van der Waals surface area contributed by atoms with Crippen molar-refractivity contribution in [2.24, 2.45) is 0 Å². The fourth-order valence-electron chi connectivity index (χ4n) is 1.41. The Kier molecular flexibility index (Phi) is 7.17. The van der Waals surface area contributed by atoms with Crippen LogP contribution < -0.4 is 4.90 Å². The molecule has 0 amide bonds. The highest BCUT2D eigenvalue weighted by atomic mass is 32.1. The van der Waals surface area contributed by atoms with Crippen LogP contribution in [0.3, 0.4) is 0 Å². The molecule has 0 atom stereocenters. The maximum Gasteiger partial charge on any atom is 0.311 e. The molecule has 114 valence electrons. The number of hydrogen-bond acceptors (Lipinski definition) is 7. The maximum absolute atomic E-state index is 11.4. The Morgan fingerprint density at radius 3 is 2.90 bits per heavy atom. The van der Waals surface area contributed by atoms with Gasteiger partial charge in [-0.2, -0.15) is 0 Å². The van der Waals surface area contributed by atoms with Crippen LogP contribution in [0.15, 0.2) is 29.5 Å². The molecule has 0 aliphatic rings. The van der Waals surface area contributed by atoms with Crippen LogP contribution in [0, 0.1) is 0 Å². The first-order chi connectivity index (χ1) is 10.1. The van der Waals surface area contributed by atoms with Crippen LogP contribution in [0.1, 0.15) is 12.6 Å². The van der Waals surface area contributed by atoms with Crippen molar-refractivity contribution < 1.29 is 19.1 Å². The average Bonchev–Trinajstić information content (AvgIpc) is 2.91. The van der Waals surface area contributed by atoms with E-state index in [0.717, 1.165) is 5.13 Å². The molecule has 0 unspecified atom stereocenters. The molecule has 1 aromatic heterocycles. The first-order valence-corrected chi connectivity index (χ1v) is 7.19. The number of allylic oxidation sites excluding steroid dienone is 2. The third kappa shape index (κ3) is 5.78. The zero-order valence-electron chi connectivity index (χ0n) is 12.2. The minimum Gasteiger partial charge on any atom is -0.497 e. The van der Waals surface area contributed by atoms with E-state index in [1.54, 1.807) is 24.1 Å². The zero-order valence-corrected chi connectivity index (χ0v) is 13.1. The van der Waals surface area contributed by atoms with Gasteiger partial charge in [0.1, 0.15) is 12.0 Å². The summed E-state index contributed by atoms with van der Waals surface area (Å²) in [5, 5.41) is 2.54. The highest BCUT2D eigenvalue weighted by molar-refractivity contribution is 7.13. The monoisotopic (exact) mass is 310 g/mol. The number of carbonyl (C=O) groups excluding carboxylic acids is 2. The summed E-state index contributed by atoms with van der Waals surface area (Å²) in [5.41, 5.74) is 0.670. The van der Waals surface area contributed by atoms with Crippen LogP contribution in [0.5, 0.6) is 0 Å². The summed E-state index contributed by atoms with van der Waals surface area (Å²) in [7, 11) is 3.30. The normalized spacial score (nSPS) is 11.5. The molecule has 0 aromatic carbocycles. The zero-order chi connectivity index (χ0) is 15.7. The van der Waals surface area contributed by atoms with Gasteiger partial charge in [0, 0.05) is 24.7 Å². The second-order valence-corrected chi connectivity index (χ2v) is 4.78. The van der Waals surface area contributed by atoms with Crippen molar-refractivity contribution in [3.8, 4) is 0 Å². The number of rotatable bonds is 8. The molecule has 1 aromatic rings. The summed E-state index contributed by atoms with van der Waals surface area (Å²) in [6, 6.07) is 0. The van der Waals surface area contributed by atoms with Gasteiger partial charge in [-0.1, -0.05) is 0 Å². The fourth-order valence-corrected chi connectivity index (χ4v) is 2.18. The highest BCUT2D eigenvalue weighted by Crippen LogP contribution is 2.20.